The number of rotatable bonds is 5. The topological polar surface area (TPSA) is 64.4 Å². The van der Waals surface area contributed by atoms with Crippen molar-refractivity contribution in [2.24, 2.45) is 0 Å². The Hall–Kier alpha value is -2.79. The second-order valence-corrected chi connectivity index (χ2v) is 5.56. The Bertz CT molecular complexity index is 861. The van der Waals surface area contributed by atoms with Gasteiger partial charge in [0.2, 0.25) is 5.76 Å². The van der Waals surface area contributed by atoms with Crippen LogP contribution in [0.5, 0.6) is 5.75 Å². The van der Waals surface area contributed by atoms with E-state index in [1.807, 2.05) is 36.4 Å². The largest absolute Gasteiger partial charge is 0.497 e. The first-order valence-electron chi connectivity index (χ1n) is 7.29. The molecule has 5 nitrogen and oxygen atoms in total. The third-order valence-corrected chi connectivity index (χ3v) is 3.68. The van der Waals surface area contributed by atoms with Crippen LogP contribution in [0.15, 0.2) is 59.1 Å². The number of benzene rings is 2. The standard InChI is InChI=1S/C18H15ClN2O3/c1-23-15-7-2-4-12(8-15)11-20-18(22)17-10-16(21-24-17)13-5-3-6-14(19)9-13/h2-10H,11H2,1H3,(H,20,22). The Morgan fingerprint density at radius 1 is 1.21 bits per heavy atom. The summed E-state index contributed by atoms with van der Waals surface area (Å²) >= 11 is 5.96. The van der Waals surface area contributed by atoms with Gasteiger partial charge in [-0.1, -0.05) is 41.0 Å². The highest BCUT2D eigenvalue weighted by Gasteiger charge is 2.14. The molecule has 1 aromatic heterocycles. The highest BCUT2D eigenvalue weighted by Crippen LogP contribution is 2.22. The van der Waals surface area contributed by atoms with Gasteiger partial charge in [0.05, 0.1) is 7.11 Å². The molecule has 2 aromatic carbocycles. The summed E-state index contributed by atoms with van der Waals surface area (Å²) in [6.45, 7) is 0.364. The fraction of sp³-hybridized carbons (Fsp3) is 0.111. The van der Waals surface area contributed by atoms with Gasteiger partial charge >= 0.3 is 0 Å². The number of carbonyl (C=O) groups excluding carboxylic acids is 1. The molecule has 0 spiro atoms. The fourth-order valence-electron chi connectivity index (χ4n) is 2.22. The van der Waals surface area contributed by atoms with Gasteiger partial charge in [-0.15, -0.1) is 0 Å². The summed E-state index contributed by atoms with van der Waals surface area (Å²) in [5.41, 5.74) is 2.28. The van der Waals surface area contributed by atoms with Crippen molar-refractivity contribution in [2.45, 2.75) is 6.54 Å². The van der Waals surface area contributed by atoms with Crippen LogP contribution >= 0.6 is 11.6 Å². The molecule has 3 aromatic rings. The van der Waals surface area contributed by atoms with E-state index in [1.165, 1.54) is 0 Å². The van der Waals surface area contributed by atoms with Crippen molar-refractivity contribution in [3.05, 3.63) is 70.9 Å². The molecule has 3 rings (SSSR count). The van der Waals surface area contributed by atoms with Gasteiger partial charge in [0.1, 0.15) is 11.4 Å². The van der Waals surface area contributed by atoms with Gasteiger partial charge in [-0.05, 0) is 29.8 Å². The van der Waals surface area contributed by atoms with Crippen molar-refractivity contribution in [3.8, 4) is 17.0 Å². The van der Waals surface area contributed by atoms with Gasteiger partial charge < -0.3 is 14.6 Å². The van der Waals surface area contributed by atoms with E-state index in [0.29, 0.717) is 17.3 Å². The summed E-state index contributed by atoms with van der Waals surface area (Å²) in [5, 5.41) is 7.30. The first-order valence-corrected chi connectivity index (χ1v) is 7.67. The average Bonchev–Trinajstić information content (AvgIpc) is 3.10. The Morgan fingerprint density at radius 2 is 2.04 bits per heavy atom. The van der Waals surface area contributed by atoms with E-state index in [2.05, 4.69) is 10.5 Å². The van der Waals surface area contributed by atoms with Gasteiger partial charge in [0, 0.05) is 23.2 Å². The zero-order valence-corrected chi connectivity index (χ0v) is 13.7. The summed E-state index contributed by atoms with van der Waals surface area (Å²) in [6, 6.07) is 16.3. The van der Waals surface area contributed by atoms with Gasteiger partial charge in [0.15, 0.2) is 0 Å². The number of amides is 1. The maximum Gasteiger partial charge on any atom is 0.290 e. The minimum Gasteiger partial charge on any atom is -0.497 e. The van der Waals surface area contributed by atoms with Gasteiger partial charge in [-0.25, -0.2) is 0 Å². The second-order valence-electron chi connectivity index (χ2n) is 5.12. The number of methoxy groups -OCH3 is 1. The first-order chi connectivity index (χ1) is 11.7. The molecular formula is C18H15ClN2O3. The Balaban J connectivity index is 1.67. The average molecular weight is 343 g/mol. The molecule has 122 valence electrons. The third-order valence-electron chi connectivity index (χ3n) is 3.44. The lowest BCUT2D eigenvalue weighted by atomic mass is 10.1. The summed E-state index contributed by atoms with van der Waals surface area (Å²) in [7, 11) is 1.60. The first kappa shape index (κ1) is 16.1. The minimum atomic E-state index is -0.335. The summed E-state index contributed by atoms with van der Waals surface area (Å²) in [5.74, 6) is 0.552. The molecule has 1 heterocycles. The molecule has 6 heteroatoms. The highest BCUT2D eigenvalue weighted by molar-refractivity contribution is 6.30. The van der Waals surface area contributed by atoms with Crippen molar-refractivity contribution in [1.82, 2.24) is 10.5 Å². The fourth-order valence-corrected chi connectivity index (χ4v) is 2.41. The zero-order valence-electron chi connectivity index (χ0n) is 13.0. The molecule has 0 unspecified atom stereocenters. The number of nitrogens with zero attached hydrogens (tertiary/aromatic N) is 1. The summed E-state index contributed by atoms with van der Waals surface area (Å²) < 4.78 is 10.3. The Labute approximate surface area is 144 Å². The third kappa shape index (κ3) is 3.75. The minimum absolute atomic E-state index is 0.146. The van der Waals surface area contributed by atoms with E-state index in [4.69, 9.17) is 20.9 Å². The highest BCUT2D eigenvalue weighted by atomic mass is 35.5. The molecular weight excluding hydrogens is 328 g/mol. The maximum atomic E-state index is 12.2. The van der Waals surface area contributed by atoms with Gasteiger partial charge in [-0.3, -0.25) is 4.79 Å². The number of nitrogens with one attached hydrogen (secondary N) is 1. The van der Waals surface area contributed by atoms with Crippen LogP contribution in [0, 0.1) is 0 Å². The van der Waals surface area contributed by atoms with Crippen molar-refractivity contribution in [1.29, 1.82) is 0 Å². The molecule has 1 amide bonds. The number of carbonyl (C=O) groups is 1. The number of ether oxygens (including phenoxy) is 1. The number of halogens is 1. The second kappa shape index (κ2) is 7.19. The number of hydrogen-bond donors (Lipinski definition) is 1. The van der Waals surface area contributed by atoms with Crippen LogP contribution in [0.25, 0.3) is 11.3 Å². The smallest absolute Gasteiger partial charge is 0.290 e. The van der Waals surface area contributed by atoms with Gasteiger partial charge in [0.25, 0.3) is 5.91 Å². The molecule has 0 aliphatic heterocycles. The molecule has 0 saturated heterocycles. The van der Waals surface area contributed by atoms with Crippen LogP contribution in [0.1, 0.15) is 16.1 Å². The monoisotopic (exact) mass is 342 g/mol. The lowest BCUT2D eigenvalue weighted by molar-refractivity contribution is 0.0914. The lowest BCUT2D eigenvalue weighted by Crippen LogP contribution is -2.22. The molecule has 0 saturated carbocycles. The van der Waals surface area contributed by atoms with Crippen molar-refractivity contribution in [3.63, 3.8) is 0 Å². The normalized spacial score (nSPS) is 10.4. The number of hydrogen-bond acceptors (Lipinski definition) is 4. The van der Waals surface area contributed by atoms with Crippen LogP contribution in [0.4, 0.5) is 0 Å². The van der Waals surface area contributed by atoms with E-state index < -0.39 is 0 Å². The van der Waals surface area contributed by atoms with E-state index in [-0.39, 0.29) is 11.7 Å². The van der Waals surface area contributed by atoms with Crippen molar-refractivity contribution in [2.75, 3.05) is 7.11 Å². The molecule has 0 aliphatic rings. The summed E-state index contributed by atoms with van der Waals surface area (Å²) in [6.07, 6.45) is 0. The van der Waals surface area contributed by atoms with E-state index in [0.717, 1.165) is 16.9 Å². The lowest BCUT2D eigenvalue weighted by Gasteiger charge is -2.05. The van der Waals surface area contributed by atoms with E-state index in [1.54, 1.807) is 25.3 Å². The van der Waals surface area contributed by atoms with Crippen LogP contribution < -0.4 is 10.1 Å². The zero-order chi connectivity index (χ0) is 16.9. The predicted octanol–water partition coefficient (Wildman–Crippen LogP) is 3.93. The number of aromatic nitrogens is 1. The van der Waals surface area contributed by atoms with Crippen molar-refractivity contribution < 1.29 is 14.1 Å². The molecule has 1 N–H and O–H groups in total. The van der Waals surface area contributed by atoms with Gasteiger partial charge in [-0.2, -0.15) is 0 Å². The SMILES string of the molecule is COc1cccc(CNC(=O)c2cc(-c3cccc(Cl)c3)no2)c1. The Morgan fingerprint density at radius 3 is 2.83 bits per heavy atom. The van der Waals surface area contributed by atoms with Crippen LogP contribution in [0.2, 0.25) is 5.02 Å². The Kier molecular flexibility index (Phi) is 4.82. The molecule has 0 radical (unpaired) electrons. The van der Waals surface area contributed by atoms with Crippen molar-refractivity contribution >= 4 is 17.5 Å². The maximum absolute atomic E-state index is 12.2. The van der Waals surface area contributed by atoms with Crippen LogP contribution in [0.3, 0.4) is 0 Å². The van der Waals surface area contributed by atoms with Crippen LogP contribution in [-0.4, -0.2) is 18.2 Å². The molecule has 0 atom stereocenters. The quantitative estimate of drug-likeness (QED) is 0.763. The molecule has 0 aliphatic carbocycles. The van der Waals surface area contributed by atoms with Crippen LogP contribution in [-0.2, 0) is 6.54 Å². The molecule has 0 fully saturated rings. The molecule has 24 heavy (non-hydrogen) atoms. The van der Waals surface area contributed by atoms with E-state index >= 15 is 0 Å². The van der Waals surface area contributed by atoms with E-state index in [9.17, 15) is 4.79 Å². The predicted molar refractivity (Wildman–Crippen MR) is 91.1 cm³/mol. The summed E-state index contributed by atoms with van der Waals surface area (Å²) in [4.78, 5) is 12.2. The molecule has 0 bridgehead atoms.